The summed E-state index contributed by atoms with van der Waals surface area (Å²) in [7, 11) is -2.00. The predicted molar refractivity (Wildman–Crippen MR) is 164 cm³/mol. The van der Waals surface area contributed by atoms with Gasteiger partial charge in [-0.15, -0.1) is 0 Å². The van der Waals surface area contributed by atoms with Crippen molar-refractivity contribution >= 4 is 33.0 Å². The van der Waals surface area contributed by atoms with Crippen LogP contribution in [0.15, 0.2) is 94.2 Å². The van der Waals surface area contributed by atoms with Crippen molar-refractivity contribution in [3.63, 3.8) is 0 Å². The molecule has 45 heavy (non-hydrogen) atoms. The van der Waals surface area contributed by atoms with E-state index in [9.17, 15) is 23.1 Å². The van der Waals surface area contributed by atoms with E-state index in [1.807, 2.05) is 60.7 Å². The molecule has 13 heteroatoms. The molecular weight excluding hydrogens is 600 g/mol. The molecule has 2 N–H and O–H groups in total. The number of aryl methyl sites for hydroxylation is 1. The van der Waals surface area contributed by atoms with Crippen LogP contribution >= 0.6 is 0 Å². The smallest absolute Gasteiger partial charge is 0.353 e. The summed E-state index contributed by atoms with van der Waals surface area (Å²) >= 11 is 0. The predicted octanol–water partition coefficient (Wildman–Crippen LogP) is 3.98. The van der Waals surface area contributed by atoms with Gasteiger partial charge in [-0.1, -0.05) is 71.0 Å². The highest BCUT2D eigenvalue weighted by Gasteiger charge is 2.44. The second-order valence-electron chi connectivity index (χ2n) is 10.5. The van der Waals surface area contributed by atoms with E-state index in [1.54, 1.807) is 6.92 Å². The molecule has 4 aromatic rings. The molecule has 0 radical (unpaired) electrons. The SMILES string of the molecule is Cc1c(C(=O)c2cnn(C)c2O)ccc(S(C)(=O)=O)c1C1=NOCC1.O=C(O)C1=NOC(c2ccccc2)(c2ccccc2)C1. The van der Waals surface area contributed by atoms with Gasteiger partial charge in [-0.2, -0.15) is 5.10 Å². The van der Waals surface area contributed by atoms with E-state index in [-0.39, 0.29) is 34.0 Å². The molecule has 0 unspecified atom stereocenters. The maximum absolute atomic E-state index is 12.8. The minimum Gasteiger partial charge on any atom is -0.493 e. The summed E-state index contributed by atoms with van der Waals surface area (Å²) in [6, 6.07) is 22.0. The first-order valence-electron chi connectivity index (χ1n) is 13.8. The van der Waals surface area contributed by atoms with Crippen molar-refractivity contribution in [3.8, 4) is 5.88 Å². The Balaban J connectivity index is 0.000000182. The van der Waals surface area contributed by atoms with Crippen molar-refractivity contribution in [3.05, 3.63) is 112 Å². The topological polar surface area (TPSA) is 170 Å². The molecule has 1 aromatic heterocycles. The van der Waals surface area contributed by atoms with Crippen molar-refractivity contribution in [1.29, 1.82) is 0 Å². The van der Waals surface area contributed by atoms with Gasteiger partial charge in [0.25, 0.3) is 0 Å². The van der Waals surface area contributed by atoms with Crippen LogP contribution < -0.4 is 0 Å². The maximum Gasteiger partial charge on any atom is 0.353 e. The Hall–Kier alpha value is -5.30. The lowest BCUT2D eigenvalue weighted by Crippen LogP contribution is -2.29. The molecule has 0 saturated heterocycles. The van der Waals surface area contributed by atoms with Gasteiger partial charge in [-0.3, -0.25) is 4.79 Å². The zero-order valence-corrected chi connectivity index (χ0v) is 25.5. The summed E-state index contributed by atoms with van der Waals surface area (Å²) in [5.41, 5.74) is 2.65. The van der Waals surface area contributed by atoms with E-state index in [1.165, 1.54) is 30.1 Å². The van der Waals surface area contributed by atoms with Crippen LogP contribution in [-0.4, -0.2) is 64.4 Å². The summed E-state index contributed by atoms with van der Waals surface area (Å²) in [6.45, 7) is 2.02. The van der Waals surface area contributed by atoms with Crippen LogP contribution in [0.25, 0.3) is 0 Å². The summed E-state index contributed by atoms with van der Waals surface area (Å²) in [4.78, 5) is 34.6. The number of aliphatic carboxylic acids is 1. The molecule has 3 heterocycles. The highest BCUT2D eigenvalue weighted by Crippen LogP contribution is 2.41. The Morgan fingerprint density at radius 1 is 0.933 bits per heavy atom. The van der Waals surface area contributed by atoms with Gasteiger partial charge < -0.3 is 19.9 Å². The largest absolute Gasteiger partial charge is 0.493 e. The molecule has 0 saturated carbocycles. The van der Waals surface area contributed by atoms with Crippen molar-refractivity contribution in [2.45, 2.75) is 30.3 Å². The number of benzene rings is 3. The van der Waals surface area contributed by atoms with Crippen LogP contribution in [0.5, 0.6) is 5.88 Å². The average molecular weight is 631 g/mol. The average Bonchev–Trinajstić information content (AvgIpc) is 3.79. The fourth-order valence-electron chi connectivity index (χ4n) is 5.26. The van der Waals surface area contributed by atoms with Gasteiger partial charge in [-0.05, 0) is 24.6 Å². The molecule has 0 aliphatic carbocycles. The Kier molecular flexibility index (Phi) is 8.55. The quantitative estimate of drug-likeness (QED) is 0.287. The van der Waals surface area contributed by atoms with Crippen LogP contribution in [0.3, 0.4) is 0 Å². The van der Waals surface area contributed by atoms with Crippen LogP contribution in [0.1, 0.15) is 51.0 Å². The molecule has 0 spiro atoms. The monoisotopic (exact) mass is 630 g/mol. The second-order valence-corrected chi connectivity index (χ2v) is 12.5. The highest BCUT2D eigenvalue weighted by atomic mass is 32.2. The Morgan fingerprint density at radius 3 is 2.02 bits per heavy atom. The first kappa shape index (κ1) is 31.1. The number of nitrogens with zero attached hydrogens (tertiary/aromatic N) is 4. The molecule has 6 rings (SSSR count). The van der Waals surface area contributed by atoms with Crippen LogP contribution in [-0.2, 0) is 37.0 Å². The van der Waals surface area contributed by atoms with Gasteiger partial charge in [-0.25, -0.2) is 17.9 Å². The molecule has 0 bridgehead atoms. The van der Waals surface area contributed by atoms with E-state index in [0.717, 1.165) is 17.4 Å². The van der Waals surface area contributed by atoms with Crippen LogP contribution in [0.4, 0.5) is 0 Å². The minimum atomic E-state index is -3.52. The van der Waals surface area contributed by atoms with Crippen LogP contribution in [0, 0.1) is 6.92 Å². The molecule has 0 amide bonds. The van der Waals surface area contributed by atoms with E-state index in [4.69, 9.17) is 14.8 Å². The van der Waals surface area contributed by atoms with E-state index in [2.05, 4.69) is 15.4 Å². The number of aromatic hydroxyl groups is 1. The lowest BCUT2D eigenvalue weighted by Gasteiger charge is -2.27. The zero-order chi connectivity index (χ0) is 32.4. The van der Waals surface area contributed by atoms with E-state index in [0.29, 0.717) is 29.9 Å². The number of sulfone groups is 1. The van der Waals surface area contributed by atoms with Crippen LogP contribution in [0.2, 0.25) is 0 Å². The first-order chi connectivity index (χ1) is 21.4. The molecule has 0 atom stereocenters. The molecule has 2 aliphatic rings. The number of carbonyl (C=O) groups excluding carboxylic acids is 1. The van der Waals surface area contributed by atoms with Crippen molar-refractivity contribution in [2.24, 2.45) is 17.4 Å². The summed E-state index contributed by atoms with van der Waals surface area (Å²) in [5.74, 6) is -1.73. The third kappa shape index (κ3) is 6.07. The van der Waals surface area contributed by atoms with Gasteiger partial charge in [0.2, 0.25) is 5.88 Å². The molecule has 3 aromatic carbocycles. The summed E-state index contributed by atoms with van der Waals surface area (Å²) in [6.07, 6.45) is 3.06. The Morgan fingerprint density at radius 2 is 1.56 bits per heavy atom. The fourth-order valence-corrected chi connectivity index (χ4v) is 6.21. The summed E-state index contributed by atoms with van der Waals surface area (Å²) in [5, 5.41) is 30.6. The number of carbonyl (C=O) groups is 2. The number of oxime groups is 2. The fraction of sp³-hybridized carbons (Fsp3) is 0.219. The summed E-state index contributed by atoms with van der Waals surface area (Å²) < 4.78 is 25.5. The number of ketones is 1. The van der Waals surface area contributed by atoms with Gasteiger partial charge in [0, 0.05) is 42.0 Å². The van der Waals surface area contributed by atoms with Crippen molar-refractivity contribution < 1.29 is 37.9 Å². The van der Waals surface area contributed by atoms with Crippen molar-refractivity contribution in [2.75, 3.05) is 12.9 Å². The Bertz CT molecular complexity index is 1890. The highest BCUT2D eigenvalue weighted by molar-refractivity contribution is 7.90. The zero-order valence-electron chi connectivity index (χ0n) is 24.7. The number of carboxylic acids is 1. The molecule has 0 fully saturated rings. The van der Waals surface area contributed by atoms with E-state index >= 15 is 0 Å². The molecule has 12 nitrogen and oxygen atoms in total. The Labute approximate surface area is 259 Å². The molecule has 2 aliphatic heterocycles. The minimum absolute atomic E-state index is 0.0395. The molecular formula is C32H30N4O8S. The third-order valence-corrected chi connectivity index (χ3v) is 8.71. The van der Waals surface area contributed by atoms with E-state index < -0.39 is 27.2 Å². The number of rotatable bonds is 7. The van der Waals surface area contributed by atoms with Gasteiger partial charge in [0.05, 0.1) is 23.2 Å². The third-order valence-electron chi connectivity index (χ3n) is 7.57. The van der Waals surface area contributed by atoms with Gasteiger partial charge >= 0.3 is 5.97 Å². The normalized spacial score (nSPS) is 15.2. The lowest BCUT2D eigenvalue weighted by molar-refractivity contribution is -0.129. The van der Waals surface area contributed by atoms with Gasteiger partial charge in [0.1, 0.15) is 12.2 Å². The number of aromatic nitrogens is 2. The number of hydrogen-bond donors (Lipinski definition) is 2. The second kappa shape index (κ2) is 12.4. The first-order valence-corrected chi connectivity index (χ1v) is 15.7. The standard InChI is InChI=1S/C16H17N3O5S.C16H13NO3/c1-9-10(15(20)11-8-17-19(2)16(11)21)4-5-13(25(3,22)23)14(9)12-6-7-24-18-12;18-15(19)14-11-16(20-17-14,12-7-3-1-4-8-12)13-9-5-2-6-10-13/h4-5,8,21H,6-7H2,1-3H3;1-10H,11H2,(H,18,19). The van der Waals surface area contributed by atoms with Crippen molar-refractivity contribution in [1.82, 2.24) is 9.78 Å². The lowest BCUT2D eigenvalue weighted by atomic mass is 9.82. The van der Waals surface area contributed by atoms with Gasteiger partial charge in [0.15, 0.2) is 26.9 Å². The molecule has 232 valence electrons. The number of hydrogen-bond acceptors (Lipinski definition) is 10. The number of carboxylic acid groups (broad SMARTS) is 1. The maximum atomic E-state index is 12.8.